The van der Waals surface area contributed by atoms with E-state index in [0.717, 1.165) is 13.1 Å². The van der Waals surface area contributed by atoms with Crippen LogP contribution in [0, 0.1) is 0 Å². The molecule has 0 radical (unpaired) electrons. The van der Waals surface area contributed by atoms with E-state index in [0.29, 0.717) is 30.2 Å². The van der Waals surface area contributed by atoms with E-state index in [9.17, 15) is 4.79 Å². The summed E-state index contributed by atoms with van der Waals surface area (Å²) in [6.07, 6.45) is 0.401. The Balaban J connectivity index is 0.00000288. The fraction of sp³-hybridized carbons (Fsp3) is 0.278. The molecule has 0 aliphatic rings. The molecular weight excluding hydrogens is 345 g/mol. The summed E-state index contributed by atoms with van der Waals surface area (Å²) in [5.74, 6) is -0.0480. The Labute approximate surface area is 154 Å². The SMILES string of the molecule is Cl.NCCN(CCC(=O)Nc1ccccc1Cl)Cc1ccccc1. The maximum atomic E-state index is 12.1. The Morgan fingerprint density at radius 3 is 2.38 bits per heavy atom. The van der Waals surface area contributed by atoms with Crippen molar-refractivity contribution in [3.63, 3.8) is 0 Å². The highest BCUT2D eigenvalue weighted by Gasteiger charge is 2.10. The highest BCUT2D eigenvalue weighted by Crippen LogP contribution is 2.20. The van der Waals surface area contributed by atoms with Gasteiger partial charge in [-0.25, -0.2) is 0 Å². The highest BCUT2D eigenvalue weighted by molar-refractivity contribution is 6.33. The number of amides is 1. The van der Waals surface area contributed by atoms with E-state index in [4.69, 9.17) is 17.3 Å². The van der Waals surface area contributed by atoms with Crippen LogP contribution in [0.2, 0.25) is 5.02 Å². The van der Waals surface area contributed by atoms with Crippen LogP contribution in [0.3, 0.4) is 0 Å². The molecule has 0 fully saturated rings. The van der Waals surface area contributed by atoms with Crippen molar-refractivity contribution in [2.24, 2.45) is 5.73 Å². The lowest BCUT2D eigenvalue weighted by atomic mass is 10.2. The van der Waals surface area contributed by atoms with Crippen LogP contribution < -0.4 is 11.1 Å². The Kier molecular flexibility index (Phi) is 9.42. The van der Waals surface area contributed by atoms with Gasteiger partial charge in [-0.2, -0.15) is 0 Å². The van der Waals surface area contributed by atoms with Crippen molar-refractivity contribution in [3.05, 3.63) is 65.2 Å². The molecule has 24 heavy (non-hydrogen) atoms. The van der Waals surface area contributed by atoms with Gasteiger partial charge in [0.15, 0.2) is 0 Å². The smallest absolute Gasteiger partial charge is 0.225 e. The highest BCUT2D eigenvalue weighted by atomic mass is 35.5. The zero-order valence-electron chi connectivity index (χ0n) is 13.5. The van der Waals surface area contributed by atoms with E-state index < -0.39 is 0 Å². The number of hydrogen-bond donors (Lipinski definition) is 2. The summed E-state index contributed by atoms with van der Waals surface area (Å²) in [4.78, 5) is 14.3. The van der Waals surface area contributed by atoms with Crippen LogP contribution in [0.25, 0.3) is 0 Å². The molecule has 1 amide bonds. The van der Waals surface area contributed by atoms with Gasteiger partial charge >= 0.3 is 0 Å². The van der Waals surface area contributed by atoms with Gasteiger partial charge in [0.05, 0.1) is 10.7 Å². The number of anilines is 1. The summed E-state index contributed by atoms with van der Waals surface area (Å²) in [7, 11) is 0. The van der Waals surface area contributed by atoms with Crippen molar-refractivity contribution in [3.8, 4) is 0 Å². The number of para-hydroxylation sites is 1. The van der Waals surface area contributed by atoms with Crippen molar-refractivity contribution in [2.45, 2.75) is 13.0 Å². The van der Waals surface area contributed by atoms with Crippen LogP contribution in [-0.2, 0) is 11.3 Å². The molecule has 0 unspecified atom stereocenters. The number of halogens is 2. The molecule has 0 atom stereocenters. The zero-order chi connectivity index (χ0) is 16.5. The number of carbonyl (C=O) groups excluding carboxylic acids is 1. The fourth-order valence-corrected chi connectivity index (χ4v) is 2.51. The molecule has 2 rings (SSSR count). The minimum absolute atomic E-state index is 0. The summed E-state index contributed by atoms with van der Waals surface area (Å²) in [5.41, 5.74) is 7.53. The largest absolute Gasteiger partial charge is 0.329 e. The lowest BCUT2D eigenvalue weighted by Crippen LogP contribution is -2.32. The molecule has 0 bridgehead atoms. The lowest BCUT2D eigenvalue weighted by Gasteiger charge is -2.21. The number of carbonyl (C=O) groups is 1. The monoisotopic (exact) mass is 367 g/mol. The van der Waals surface area contributed by atoms with E-state index in [-0.39, 0.29) is 18.3 Å². The van der Waals surface area contributed by atoms with Gasteiger partial charge in [-0.15, -0.1) is 12.4 Å². The molecule has 0 aliphatic carbocycles. The molecule has 130 valence electrons. The minimum atomic E-state index is -0.0480. The number of benzene rings is 2. The Morgan fingerprint density at radius 2 is 1.71 bits per heavy atom. The predicted molar refractivity (Wildman–Crippen MR) is 103 cm³/mol. The Morgan fingerprint density at radius 1 is 1.04 bits per heavy atom. The average Bonchev–Trinajstić information content (AvgIpc) is 2.56. The third-order valence-electron chi connectivity index (χ3n) is 3.50. The quantitative estimate of drug-likeness (QED) is 0.749. The molecule has 0 spiro atoms. The normalized spacial score (nSPS) is 10.3. The van der Waals surface area contributed by atoms with Crippen LogP contribution >= 0.6 is 24.0 Å². The van der Waals surface area contributed by atoms with Crippen LogP contribution in [0.5, 0.6) is 0 Å². The van der Waals surface area contributed by atoms with Crippen molar-refractivity contribution in [1.82, 2.24) is 4.90 Å². The molecular formula is C18H23Cl2N3O. The van der Waals surface area contributed by atoms with Gasteiger partial charge in [0.2, 0.25) is 5.91 Å². The number of nitrogens with zero attached hydrogens (tertiary/aromatic N) is 1. The van der Waals surface area contributed by atoms with Crippen molar-refractivity contribution in [1.29, 1.82) is 0 Å². The first kappa shape index (κ1) is 20.5. The minimum Gasteiger partial charge on any atom is -0.329 e. The average molecular weight is 368 g/mol. The van der Waals surface area contributed by atoms with E-state index in [1.165, 1.54) is 5.56 Å². The summed E-state index contributed by atoms with van der Waals surface area (Å²) in [5, 5.41) is 3.39. The molecule has 2 aromatic rings. The molecule has 0 saturated carbocycles. The number of nitrogens with one attached hydrogen (secondary N) is 1. The topological polar surface area (TPSA) is 58.4 Å². The second kappa shape index (κ2) is 11.0. The standard InChI is InChI=1S/C18H22ClN3O.ClH/c19-16-8-4-5-9-17(16)21-18(23)10-12-22(13-11-20)14-15-6-2-1-3-7-15;/h1-9H,10-14,20H2,(H,21,23);1H. The molecule has 4 nitrogen and oxygen atoms in total. The Hall–Kier alpha value is -1.59. The number of rotatable bonds is 8. The molecule has 0 heterocycles. The van der Waals surface area contributed by atoms with Crippen molar-refractivity contribution in [2.75, 3.05) is 25.0 Å². The van der Waals surface area contributed by atoms with Crippen molar-refractivity contribution >= 4 is 35.6 Å². The second-order valence-corrected chi connectivity index (χ2v) is 5.74. The van der Waals surface area contributed by atoms with Gasteiger partial charge < -0.3 is 11.1 Å². The second-order valence-electron chi connectivity index (χ2n) is 5.33. The molecule has 2 aromatic carbocycles. The molecule has 3 N–H and O–H groups in total. The fourth-order valence-electron chi connectivity index (χ4n) is 2.33. The third-order valence-corrected chi connectivity index (χ3v) is 3.83. The zero-order valence-corrected chi connectivity index (χ0v) is 15.0. The lowest BCUT2D eigenvalue weighted by molar-refractivity contribution is -0.116. The van der Waals surface area contributed by atoms with Gasteiger partial charge in [-0.05, 0) is 17.7 Å². The van der Waals surface area contributed by atoms with Gasteiger partial charge in [0, 0.05) is 32.6 Å². The first-order valence-electron chi connectivity index (χ1n) is 7.70. The van der Waals surface area contributed by atoms with Crippen LogP contribution in [0.4, 0.5) is 5.69 Å². The van der Waals surface area contributed by atoms with Crippen molar-refractivity contribution < 1.29 is 4.79 Å². The molecule has 0 aliphatic heterocycles. The summed E-state index contributed by atoms with van der Waals surface area (Å²) in [6.45, 7) is 2.77. The molecule has 6 heteroatoms. The number of hydrogen-bond acceptors (Lipinski definition) is 3. The maximum absolute atomic E-state index is 12.1. The van der Waals surface area contributed by atoms with E-state index in [2.05, 4.69) is 22.3 Å². The molecule has 0 saturated heterocycles. The van der Waals surface area contributed by atoms with E-state index in [1.807, 2.05) is 30.3 Å². The maximum Gasteiger partial charge on any atom is 0.225 e. The third kappa shape index (κ3) is 6.89. The Bertz CT molecular complexity index is 623. The predicted octanol–water partition coefficient (Wildman–Crippen LogP) is 3.55. The number of nitrogens with two attached hydrogens (primary N) is 1. The van der Waals surface area contributed by atoms with E-state index in [1.54, 1.807) is 12.1 Å². The van der Waals surface area contributed by atoms with Crippen LogP contribution in [0.15, 0.2) is 54.6 Å². The first-order valence-corrected chi connectivity index (χ1v) is 8.07. The first-order chi connectivity index (χ1) is 11.2. The molecule has 0 aromatic heterocycles. The van der Waals surface area contributed by atoms with Gasteiger partial charge in [0.25, 0.3) is 0 Å². The van der Waals surface area contributed by atoms with Gasteiger partial charge in [-0.1, -0.05) is 54.1 Å². The summed E-state index contributed by atoms with van der Waals surface area (Å²) in [6, 6.07) is 17.4. The van der Waals surface area contributed by atoms with Gasteiger partial charge in [0.1, 0.15) is 0 Å². The van der Waals surface area contributed by atoms with E-state index >= 15 is 0 Å². The van der Waals surface area contributed by atoms with Crippen LogP contribution in [-0.4, -0.2) is 30.4 Å². The van der Waals surface area contributed by atoms with Gasteiger partial charge in [-0.3, -0.25) is 9.69 Å². The summed E-state index contributed by atoms with van der Waals surface area (Å²) < 4.78 is 0. The van der Waals surface area contributed by atoms with Crippen LogP contribution in [0.1, 0.15) is 12.0 Å². The summed E-state index contributed by atoms with van der Waals surface area (Å²) >= 11 is 6.05.